The molecular formula is C23H28ClFN4O. The lowest BCUT2D eigenvalue weighted by Crippen LogP contribution is -2.53. The van der Waals surface area contributed by atoms with Gasteiger partial charge in [-0.25, -0.2) is 4.39 Å². The van der Waals surface area contributed by atoms with E-state index in [0.717, 1.165) is 39.3 Å². The predicted molar refractivity (Wildman–Crippen MR) is 118 cm³/mol. The first kappa shape index (κ1) is 21.1. The summed E-state index contributed by atoms with van der Waals surface area (Å²) < 4.78 is 14.0. The van der Waals surface area contributed by atoms with Gasteiger partial charge in [-0.2, -0.15) is 0 Å². The van der Waals surface area contributed by atoms with Gasteiger partial charge in [-0.1, -0.05) is 35.9 Å². The normalized spacial score (nSPS) is 18.6. The van der Waals surface area contributed by atoms with E-state index in [2.05, 4.69) is 39.0 Å². The van der Waals surface area contributed by atoms with E-state index < -0.39 is 0 Å². The minimum atomic E-state index is -0.268. The van der Waals surface area contributed by atoms with Gasteiger partial charge in [-0.05, 0) is 24.3 Å². The fourth-order valence-corrected chi connectivity index (χ4v) is 4.38. The molecule has 7 heteroatoms. The average molecular weight is 431 g/mol. The van der Waals surface area contributed by atoms with Gasteiger partial charge < -0.3 is 9.80 Å². The Labute approximate surface area is 182 Å². The van der Waals surface area contributed by atoms with Gasteiger partial charge in [0.2, 0.25) is 5.91 Å². The van der Waals surface area contributed by atoms with E-state index in [0.29, 0.717) is 36.8 Å². The Hall–Kier alpha value is -2.15. The predicted octanol–water partition coefficient (Wildman–Crippen LogP) is 2.95. The van der Waals surface area contributed by atoms with Crippen LogP contribution < -0.4 is 4.90 Å². The van der Waals surface area contributed by atoms with Gasteiger partial charge in [-0.3, -0.25) is 14.6 Å². The molecule has 2 fully saturated rings. The van der Waals surface area contributed by atoms with Crippen molar-refractivity contribution in [3.05, 3.63) is 64.9 Å². The van der Waals surface area contributed by atoms with Crippen molar-refractivity contribution in [2.75, 3.05) is 63.8 Å². The van der Waals surface area contributed by atoms with E-state index in [1.807, 2.05) is 11.0 Å². The smallest absolute Gasteiger partial charge is 0.236 e. The number of benzene rings is 2. The zero-order valence-corrected chi connectivity index (χ0v) is 17.9. The van der Waals surface area contributed by atoms with E-state index >= 15 is 0 Å². The molecule has 4 rings (SSSR count). The highest BCUT2D eigenvalue weighted by Crippen LogP contribution is 2.21. The molecule has 2 aliphatic rings. The van der Waals surface area contributed by atoms with Crippen molar-refractivity contribution in [2.45, 2.75) is 6.54 Å². The number of amides is 1. The summed E-state index contributed by atoms with van der Waals surface area (Å²) in [6.45, 7) is 7.44. The third kappa shape index (κ3) is 5.12. The monoisotopic (exact) mass is 430 g/mol. The average Bonchev–Trinajstić information content (AvgIpc) is 2.78. The number of hydrogen-bond acceptors (Lipinski definition) is 4. The second kappa shape index (κ2) is 9.77. The highest BCUT2D eigenvalue weighted by atomic mass is 35.5. The molecule has 0 atom stereocenters. The van der Waals surface area contributed by atoms with Crippen LogP contribution in [0, 0.1) is 5.82 Å². The number of anilines is 1. The molecule has 2 aromatic carbocycles. The highest BCUT2D eigenvalue weighted by Gasteiger charge is 2.25. The maximum Gasteiger partial charge on any atom is 0.236 e. The Balaban J connectivity index is 1.21. The van der Waals surface area contributed by atoms with E-state index in [-0.39, 0.29) is 11.7 Å². The molecular weight excluding hydrogens is 403 g/mol. The van der Waals surface area contributed by atoms with Gasteiger partial charge in [0.15, 0.2) is 0 Å². The number of hydrogen-bond donors (Lipinski definition) is 0. The lowest BCUT2D eigenvalue weighted by atomic mass is 10.2. The van der Waals surface area contributed by atoms with Crippen LogP contribution in [0.5, 0.6) is 0 Å². The van der Waals surface area contributed by atoms with E-state index in [9.17, 15) is 9.18 Å². The zero-order valence-electron chi connectivity index (χ0n) is 17.1. The first-order valence-electron chi connectivity index (χ1n) is 10.6. The summed E-state index contributed by atoms with van der Waals surface area (Å²) >= 11 is 6.15. The summed E-state index contributed by atoms with van der Waals surface area (Å²) in [6, 6.07) is 15.2. The number of piperazine rings is 2. The zero-order chi connectivity index (χ0) is 20.9. The van der Waals surface area contributed by atoms with Crippen molar-refractivity contribution in [3.63, 3.8) is 0 Å². The Morgan fingerprint density at radius 1 is 0.833 bits per heavy atom. The van der Waals surface area contributed by atoms with Gasteiger partial charge >= 0.3 is 0 Å². The van der Waals surface area contributed by atoms with E-state index in [1.165, 1.54) is 11.8 Å². The molecule has 0 unspecified atom stereocenters. The fraction of sp³-hybridized carbons (Fsp3) is 0.435. The molecule has 2 saturated heterocycles. The van der Waals surface area contributed by atoms with Crippen molar-refractivity contribution in [1.82, 2.24) is 14.7 Å². The summed E-state index contributed by atoms with van der Waals surface area (Å²) in [5, 5.41) is 0.461. The first-order chi connectivity index (χ1) is 14.6. The number of rotatable bonds is 5. The van der Waals surface area contributed by atoms with Crippen LogP contribution in [-0.4, -0.2) is 79.5 Å². The summed E-state index contributed by atoms with van der Waals surface area (Å²) in [5.41, 5.74) is 1.78. The van der Waals surface area contributed by atoms with E-state index in [4.69, 9.17) is 11.6 Å². The SMILES string of the molecule is O=C(CN1CCN(c2ccccc2)CC1)N1CCN(Cc2c(F)cccc2Cl)CC1. The second-order valence-electron chi connectivity index (χ2n) is 7.96. The quantitative estimate of drug-likeness (QED) is 0.729. The molecule has 2 aromatic rings. The number of para-hydroxylation sites is 1. The maximum absolute atomic E-state index is 14.0. The lowest BCUT2D eigenvalue weighted by Gasteiger charge is -2.38. The largest absolute Gasteiger partial charge is 0.369 e. The van der Waals surface area contributed by atoms with Gasteiger partial charge in [0, 0.05) is 75.2 Å². The Morgan fingerprint density at radius 3 is 2.17 bits per heavy atom. The highest BCUT2D eigenvalue weighted by molar-refractivity contribution is 6.31. The van der Waals surface area contributed by atoms with Crippen molar-refractivity contribution in [1.29, 1.82) is 0 Å². The standard InChI is InChI=1S/C23H28ClFN4O/c24-21-7-4-8-22(25)20(21)17-26-11-15-29(16-12-26)23(30)18-27-9-13-28(14-10-27)19-5-2-1-3-6-19/h1-8H,9-18H2. The topological polar surface area (TPSA) is 30.0 Å². The Bertz CT molecular complexity index is 829. The van der Waals surface area contributed by atoms with Crippen LogP contribution in [0.4, 0.5) is 10.1 Å². The molecule has 0 radical (unpaired) electrons. The van der Waals surface area contributed by atoms with Crippen LogP contribution in [0.1, 0.15) is 5.56 Å². The van der Waals surface area contributed by atoms with Crippen LogP contribution >= 0.6 is 11.6 Å². The van der Waals surface area contributed by atoms with Gasteiger partial charge in [0.25, 0.3) is 0 Å². The van der Waals surface area contributed by atoms with Crippen molar-refractivity contribution in [3.8, 4) is 0 Å². The Kier molecular flexibility index (Phi) is 6.87. The van der Waals surface area contributed by atoms with Gasteiger partial charge in [-0.15, -0.1) is 0 Å². The molecule has 0 spiro atoms. The van der Waals surface area contributed by atoms with Crippen molar-refractivity contribution >= 4 is 23.2 Å². The molecule has 1 amide bonds. The minimum absolute atomic E-state index is 0.187. The molecule has 5 nitrogen and oxygen atoms in total. The fourth-order valence-electron chi connectivity index (χ4n) is 4.16. The van der Waals surface area contributed by atoms with Crippen molar-refractivity contribution < 1.29 is 9.18 Å². The third-order valence-corrected chi connectivity index (χ3v) is 6.38. The van der Waals surface area contributed by atoms with Crippen LogP contribution in [0.25, 0.3) is 0 Å². The summed E-state index contributed by atoms with van der Waals surface area (Å²) in [4.78, 5) is 21.5. The molecule has 0 N–H and O–H groups in total. The van der Waals surface area contributed by atoms with Crippen LogP contribution in [-0.2, 0) is 11.3 Å². The molecule has 2 heterocycles. The number of nitrogens with zero attached hydrogens (tertiary/aromatic N) is 4. The summed E-state index contributed by atoms with van der Waals surface area (Å²) in [5.74, 6) is -0.0811. The number of carbonyl (C=O) groups excluding carboxylic acids is 1. The summed E-state index contributed by atoms with van der Waals surface area (Å²) in [7, 11) is 0. The van der Waals surface area contributed by atoms with Gasteiger partial charge in [0.1, 0.15) is 5.82 Å². The van der Waals surface area contributed by atoms with Crippen LogP contribution in [0.15, 0.2) is 48.5 Å². The lowest BCUT2D eigenvalue weighted by molar-refractivity contribution is -0.134. The van der Waals surface area contributed by atoms with E-state index in [1.54, 1.807) is 12.1 Å². The van der Waals surface area contributed by atoms with Crippen LogP contribution in [0.3, 0.4) is 0 Å². The molecule has 160 valence electrons. The molecule has 0 aliphatic carbocycles. The first-order valence-corrected chi connectivity index (χ1v) is 10.9. The Morgan fingerprint density at radius 2 is 1.50 bits per heavy atom. The second-order valence-corrected chi connectivity index (χ2v) is 8.36. The minimum Gasteiger partial charge on any atom is -0.369 e. The molecule has 0 saturated carbocycles. The van der Waals surface area contributed by atoms with Gasteiger partial charge in [0.05, 0.1) is 6.54 Å². The van der Waals surface area contributed by atoms with Crippen molar-refractivity contribution in [2.24, 2.45) is 0 Å². The molecule has 2 aliphatic heterocycles. The van der Waals surface area contributed by atoms with Crippen LogP contribution in [0.2, 0.25) is 5.02 Å². The number of halogens is 2. The molecule has 0 aromatic heterocycles. The molecule has 0 bridgehead atoms. The maximum atomic E-state index is 14.0. The summed E-state index contributed by atoms with van der Waals surface area (Å²) in [6.07, 6.45) is 0. The number of carbonyl (C=O) groups is 1. The third-order valence-electron chi connectivity index (χ3n) is 6.02. The molecule has 30 heavy (non-hydrogen) atoms.